The zero-order valence-corrected chi connectivity index (χ0v) is 11.5. The van der Waals surface area contributed by atoms with Crippen molar-refractivity contribution in [2.45, 2.75) is 6.54 Å². The van der Waals surface area contributed by atoms with E-state index in [1.807, 2.05) is 6.07 Å². The number of hydrogen-bond acceptors (Lipinski definition) is 2. The first-order valence-corrected chi connectivity index (χ1v) is 6.46. The Hall–Kier alpha value is -2.07. The molecule has 20 heavy (non-hydrogen) atoms. The second-order valence-electron chi connectivity index (χ2n) is 4.56. The van der Waals surface area contributed by atoms with Crippen molar-refractivity contribution < 1.29 is 9.13 Å². The van der Waals surface area contributed by atoms with E-state index < -0.39 is 0 Å². The molecule has 5 heteroatoms. The molecule has 0 amide bonds. The minimum Gasteiger partial charge on any atom is -0.495 e. The number of rotatable bonds is 2. The smallest absolute Gasteiger partial charge is 0.137 e. The first kappa shape index (κ1) is 12.9. The van der Waals surface area contributed by atoms with E-state index in [0.717, 1.165) is 11.3 Å². The molecule has 0 saturated carbocycles. The number of halogens is 2. The van der Waals surface area contributed by atoms with Gasteiger partial charge in [-0.1, -0.05) is 17.7 Å². The van der Waals surface area contributed by atoms with Gasteiger partial charge >= 0.3 is 0 Å². The average Bonchev–Trinajstić information content (AvgIpc) is 2.76. The molecule has 1 N–H and O–H groups in total. The largest absolute Gasteiger partial charge is 0.495 e. The van der Waals surface area contributed by atoms with E-state index in [4.69, 9.17) is 21.7 Å². The van der Waals surface area contributed by atoms with Gasteiger partial charge < -0.3 is 9.64 Å². The Balaban J connectivity index is 1.98. The Kier molecular flexibility index (Phi) is 3.10. The maximum Gasteiger partial charge on any atom is 0.137 e. The minimum atomic E-state index is -0.330. The molecule has 0 aromatic heterocycles. The highest BCUT2D eigenvalue weighted by Gasteiger charge is 2.26. The number of amidine groups is 1. The van der Waals surface area contributed by atoms with Gasteiger partial charge in [-0.25, -0.2) is 4.39 Å². The van der Waals surface area contributed by atoms with Crippen molar-refractivity contribution in [3.05, 3.63) is 58.4 Å². The lowest BCUT2D eigenvalue weighted by atomic mass is 10.1. The number of nitrogens with one attached hydrogen (secondary N) is 1. The lowest BCUT2D eigenvalue weighted by Gasteiger charge is -2.18. The van der Waals surface area contributed by atoms with Gasteiger partial charge in [-0.2, -0.15) is 0 Å². The number of anilines is 1. The van der Waals surface area contributed by atoms with E-state index in [0.29, 0.717) is 22.9 Å². The van der Waals surface area contributed by atoms with Crippen LogP contribution in [0.15, 0.2) is 36.4 Å². The van der Waals surface area contributed by atoms with E-state index in [2.05, 4.69) is 0 Å². The van der Waals surface area contributed by atoms with E-state index >= 15 is 0 Å². The van der Waals surface area contributed by atoms with Gasteiger partial charge in [-0.3, -0.25) is 5.41 Å². The summed E-state index contributed by atoms with van der Waals surface area (Å²) >= 11 is 6.11. The van der Waals surface area contributed by atoms with Crippen LogP contribution in [0.5, 0.6) is 5.75 Å². The summed E-state index contributed by atoms with van der Waals surface area (Å²) in [7, 11) is 1.55. The minimum absolute atomic E-state index is 0.278. The fourth-order valence-corrected chi connectivity index (χ4v) is 2.60. The molecule has 1 aliphatic rings. The van der Waals surface area contributed by atoms with Gasteiger partial charge in [0.05, 0.1) is 18.7 Å². The van der Waals surface area contributed by atoms with Crippen molar-refractivity contribution in [2.24, 2.45) is 0 Å². The molecule has 1 aliphatic heterocycles. The van der Waals surface area contributed by atoms with Crippen LogP contribution in [0.2, 0.25) is 5.02 Å². The quantitative estimate of drug-likeness (QED) is 0.912. The summed E-state index contributed by atoms with van der Waals surface area (Å²) < 4.78 is 18.4. The third kappa shape index (κ3) is 2.02. The normalized spacial score (nSPS) is 13.6. The van der Waals surface area contributed by atoms with Crippen LogP contribution < -0.4 is 9.64 Å². The monoisotopic (exact) mass is 290 g/mol. The van der Waals surface area contributed by atoms with Gasteiger partial charge in [0.15, 0.2) is 0 Å². The van der Waals surface area contributed by atoms with Crippen molar-refractivity contribution in [3.8, 4) is 5.75 Å². The summed E-state index contributed by atoms with van der Waals surface area (Å²) in [6.45, 7) is 0.539. The highest BCUT2D eigenvalue weighted by atomic mass is 35.5. The van der Waals surface area contributed by atoms with Gasteiger partial charge in [-0.05, 0) is 35.9 Å². The molecule has 2 aromatic carbocycles. The van der Waals surface area contributed by atoms with Crippen LogP contribution in [0.1, 0.15) is 11.1 Å². The highest BCUT2D eigenvalue weighted by Crippen LogP contribution is 2.33. The second kappa shape index (κ2) is 4.80. The van der Waals surface area contributed by atoms with Gasteiger partial charge in [0, 0.05) is 11.3 Å². The molecular weight excluding hydrogens is 279 g/mol. The number of fused-ring (bicyclic) bond motifs is 1. The Morgan fingerprint density at radius 3 is 2.75 bits per heavy atom. The lowest BCUT2D eigenvalue weighted by molar-refractivity contribution is 0.415. The van der Waals surface area contributed by atoms with E-state index in [-0.39, 0.29) is 11.7 Å². The van der Waals surface area contributed by atoms with Crippen LogP contribution in [0, 0.1) is 11.2 Å². The molecule has 0 unspecified atom stereocenters. The topological polar surface area (TPSA) is 36.3 Å². The number of methoxy groups -OCH3 is 1. The molecule has 2 aromatic rings. The van der Waals surface area contributed by atoms with Gasteiger partial charge in [0.25, 0.3) is 0 Å². The summed E-state index contributed by atoms with van der Waals surface area (Å²) in [5, 5.41) is 8.66. The lowest BCUT2D eigenvalue weighted by Crippen LogP contribution is -2.23. The molecule has 0 fully saturated rings. The van der Waals surface area contributed by atoms with Crippen LogP contribution in [-0.4, -0.2) is 12.9 Å². The zero-order valence-electron chi connectivity index (χ0n) is 10.8. The first-order valence-electron chi connectivity index (χ1n) is 6.08. The molecule has 0 atom stereocenters. The Morgan fingerprint density at radius 2 is 2.05 bits per heavy atom. The predicted octanol–water partition coefficient (Wildman–Crippen LogP) is 3.83. The van der Waals surface area contributed by atoms with E-state index in [1.165, 1.54) is 12.1 Å². The number of benzene rings is 2. The summed E-state index contributed by atoms with van der Waals surface area (Å²) in [4.78, 5) is 1.79. The number of nitrogens with zero attached hydrogens (tertiary/aromatic N) is 1. The summed E-state index contributed by atoms with van der Waals surface area (Å²) in [5.74, 6) is 0.536. The zero-order chi connectivity index (χ0) is 14.3. The van der Waals surface area contributed by atoms with Crippen molar-refractivity contribution in [1.82, 2.24) is 0 Å². The third-order valence-electron chi connectivity index (χ3n) is 3.37. The molecule has 0 saturated heterocycles. The van der Waals surface area contributed by atoms with E-state index in [1.54, 1.807) is 30.2 Å². The number of ether oxygens (including phenoxy) is 1. The van der Waals surface area contributed by atoms with Crippen LogP contribution >= 0.6 is 11.6 Å². The van der Waals surface area contributed by atoms with Crippen molar-refractivity contribution >= 4 is 23.1 Å². The van der Waals surface area contributed by atoms with Gasteiger partial charge in [0.2, 0.25) is 0 Å². The molecule has 102 valence electrons. The number of hydrogen-bond donors (Lipinski definition) is 1. The Morgan fingerprint density at radius 1 is 1.25 bits per heavy atom. The average molecular weight is 291 g/mol. The summed E-state index contributed by atoms with van der Waals surface area (Å²) in [5.41, 5.74) is 2.35. The molecule has 0 spiro atoms. The van der Waals surface area contributed by atoms with Crippen LogP contribution in [-0.2, 0) is 6.54 Å². The van der Waals surface area contributed by atoms with Crippen LogP contribution in [0.3, 0.4) is 0 Å². The molecule has 0 aliphatic carbocycles. The maximum absolute atomic E-state index is 13.3. The van der Waals surface area contributed by atoms with E-state index in [9.17, 15) is 4.39 Å². The summed E-state index contributed by atoms with van der Waals surface area (Å²) in [6.07, 6.45) is 0. The van der Waals surface area contributed by atoms with Crippen molar-refractivity contribution in [1.29, 1.82) is 5.41 Å². The molecule has 3 rings (SSSR count). The van der Waals surface area contributed by atoms with Gasteiger partial charge in [-0.15, -0.1) is 0 Å². The Labute approximate surface area is 121 Å². The standard InChI is InChI=1S/C15H12ClFN2O/c1-20-14-5-4-11(7-13(14)16)19-8-9-2-3-10(17)6-12(9)15(19)18/h2-7,18H,8H2,1H3. The van der Waals surface area contributed by atoms with Gasteiger partial charge in [0.1, 0.15) is 17.4 Å². The Bertz CT molecular complexity index is 702. The fraction of sp³-hybridized carbons (Fsp3) is 0.133. The fourth-order valence-electron chi connectivity index (χ4n) is 2.35. The molecule has 0 radical (unpaired) electrons. The highest BCUT2D eigenvalue weighted by molar-refractivity contribution is 6.32. The molecule has 1 heterocycles. The van der Waals surface area contributed by atoms with Crippen molar-refractivity contribution in [2.75, 3.05) is 12.0 Å². The SMILES string of the molecule is COc1ccc(N2Cc3ccc(F)cc3C2=N)cc1Cl. The predicted molar refractivity (Wildman–Crippen MR) is 77.4 cm³/mol. The van der Waals surface area contributed by atoms with Crippen LogP contribution in [0.25, 0.3) is 0 Å². The molecular formula is C15H12ClFN2O. The molecule has 3 nitrogen and oxygen atoms in total. The summed E-state index contributed by atoms with van der Waals surface area (Å²) in [6, 6.07) is 9.86. The molecule has 0 bridgehead atoms. The first-order chi connectivity index (χ1) is 9.60. The third-order valence-corrected chi connectivity index (χ3v) is 3.67. The maximum atomic E-state index is 13.3. The van der Waals surface area contributed by atoms with Crippen LogP contribution in [0.4, 0.5) is 10.1 Å². The van der Waals surface area contributed by atoms with Crippen molar-refractivity contribution in [3.63, 3.8) is 0 Å². The second-order valence-corrected chi connectivity index (χ2v) is 4.96.